The SMILES string of the molecule is Cc1cc(C)c2oc(-c3ccco3)c(OCC(=O)c3ccc(Cl)cc3Cl)c(=O)c2c1. The van der Waals surface area contributed by atoms with Crippen molar-refractivity contribution in [3.63, 3.8) is 0 Å². The minimum Gasteiger partial charge on any atom is -0.478 e. The second kappa shape index (κ2) is 8.01. The maximum atomic E-state index is 13.2. The van der Waals surface area contributed by atoms with Crippen LogP contribution in [0.2, 0.25) is 10.0 Å². The molecule has 0 amide bonds. The zero-order valence-electron chi connectivity index (χ0n) is 16.1. The van der Waals surface area contributed by atoms with Gasteiger partial charge < -0.3 is 13.6 Å². The van der Waals surface area contributed by atoms with E-state index in [9.17, 15) is 9.59 Å². The number of rotatable bonds is 5. The third kappa shape index (κ3) is 3.74. The third-order valence-corrected chi connectivity index (χ3v) is 5.15. The second-order valence-corrected chi connectivity index (χ2v) is 7.70. The fourth-order valence-electron chi connectivity index (χ4n) is 3.26. The Kier molecular flexibility index (Phi) is 5.41. The van der Waals surface area contributed by atoms with Crippen molar-refractivity contribution in [2.24, 2.45) is 0 Å². The van der Waals surface area contributed by atoms with Gasteiger partial charge in [0, 0.05) is 10.6 Å². The molecule has 0 atom stereocenters. The predicted molar refractivity (Wildman–Crippen MR) is 116 cm³/mol. The van der Waals surface area contributed by atoms with Crippen LogP contribution in [0.15, 0.2) is 62.4 Å². The number of ether oxygens (including phenoxy) is 1. The Morgan fingerprint density at radius 3 is 2.60 bits per heavy atom. The average Bonchev–Trinajstić information content (AvgIpc) is 3.22. The van der Waals surface area contributed by atoms with Gasteiger partial charge in [-0.2, -0.15) is 0 Å². The summed E-state index contributed by atoms with van der Waals surface area (Å²) in [6, 6.07) is 11.5. The zero-order chi connectivity index (χ0) is 21.4. The number of hydrogen-bond donors (Lipinski definition) is 0. The fourth-order valence-corrected chi connectivity index (χ4v) is 3.78. The minimum absolute atomic E-state index is 0.0964. The Bertz CT molecular complexity index is 1320. The van der Waals surface area contributed by atoms with Gasteiger partial charge in [0.05, 0.1) is 16.7 Å². The number of hydrogen-bond acceptors (Lipinski definition) is 5. The highest BCUT2D eigenvalue weighted by Crippen LogP contribution is 2.33. The van der Waals surface area contributed by atoms with E-state index >= 15 is 0 Å². The lowest BCUT2D eigenvalue weighted by molar-refractivity contribution is 0.0920. The molecule has 0 radical (unpaired) electrons. The molecule has 7 heteroatoms. The first kappa shape index (κ1) is 20.3. The summed E-state index contributed by atoms with van der Waals surface area (Å²) in [6.45, 7) is 3.34. The molecular formula is C23H16Cl2O5. The lowest BCUT2D eigenvalue weighted by atomic mass is 10.1. The number of benzene rings is 2. The summed E-state index contributed by atoms with van der Waals surface area (Å²) in [5, 5.41) is 0.993. The van der Waals surface area contributed by atoms with Crippen LogP contribution in [-0.4, -0.2) is 12.4 Å². The second-order valence-electron chi connectivity index (χ2n) is 6.86. The van der Waals surface area contributed by atoms with E-state index in [1.54, 1.807) is 24.3 Å². The van der Waals surface area contributed by atoms with Crippen LogP contribution >= 0.6 is 23.2 Å². The van der Waals surface area contributed by atoms with Crippen LogP contribution < -0.4 is 10.2 Å². The first-order valence-electron chi connectivity index (χ1n) is 9.08. The lowest BCUT2D eigenvalue weighted by Crippen LogP contribution is -2.17. The van der Waals surface area contributed by atoms with Crippen molar-refractivity contribution in [1.82, 2.24) is 0 Å². The number of fused-ring (bicyclic) bond motifs is 1. The fraction of sp³-hybridized carbons (Fsp3) is 0.130. The van der Waals surface area contributed by atoms with Crippen LogP contribution in [0.3, 0.4) is 0 Å². The van der Waals surface area contributed by atoms with E-state index in [1.807, 2.05) is 19.9 Å². The molecule has 2 heterocycles. The predicted octanol–water partition coefficient (Wildman–Crippen LogP) is 6.24. The van der Waals surface area contributed by atoms with Gasteiger partial charge in [-0.3, -0.25) is 9.59 Å². The summed E-state index contributed by atoms with van der Waals surface area (Å²) in [5.74, 6) is -0.0525. The van der Waals surface area contributed by atoms with Gasteiger partial charge in [0.15, 0.2) is 12.4 Å². The highest BCUT2D eigenvalue weighted by molar-refractivity contribution is 6.36. The molecule has 4 aromatic rings. The van der Waals surface area contributed by atoms with E-state index in [4.69, 9.17) is 36.8 Å². The number of furan rings is 1. The van der Waals surface area contributed by atoms with Crippen molar-refractivity contribution in [1.29, 1.82) is 0 Å². The Morgan fingerprint density at radius 1 is 1.10 bits per heavy atom. The Labute approximate surface area is 181 Å². The van der Waals surface area contributed by atoms with Gasteiger partial charge >= 0.3 is 0 Å². The molecule has 0 aliphatic heterocycles. The van der Waals surface area contributed by atoms with E-state index in [1.165, 1.54) is 18.4 Å². The van der Waals surface area contributed by atoms with E-state index < -0.39 is 12.4 Å². The average molecular weight is 443 g/mol. The van der Waals surface area contributed by atoms with E-state index in [-0.39, 0.29) is 27.5 Å². The zero-order valence-corrected chi connectivity index (χ0v) is 17.6. The van der Waals surface area contributed by atoms with Crippen molar-refractivity contribution >= 4 is 40.0 Å². The first-order valence-corrected chi connectivity index (χ1v) is 9.83. The molecule has 2 aromatic heterocycles. The van der Waals surface area contributed by atoms with Gasteiger partial charge in [-0.15, -0.1) is 0 Å². The van der Waals surface area contributed by atoms with Crippen LogP contribution in [0.5, 0.6) is 5.75 Å². The Balaban J connectivity index is 1.79. The molecule has 0 saturated carbocycles. The normalized spacial score (nSPS) is 11.1. The van der Waals surface area contributed by atoms with Crippen molar-refractivity contribution in [3.8, 4) is 17.3 Å². The largest absolute Gasteiger partial charge is 0.478 e. The van der Waals surface area contributed by atoms with Crippen molar-refractivity contribution in [3.05, 3.63) is 85.7 Å². The van der Waals surface area contributed by atoms with Gasteiger partial charge in [0.2, 0.25) is 22.7 Å². The standard InChI is InChI=1S/C23H16Cl2O5/c1-12-8-13(2)21-16(9-12)20(27)23(22(30-21)19-4-3-7-28-19)29-11-18(26)15-6-5-14(24)10-17(15)25/h3-10H,11H2,1-2H3. The smallest absolute Gasteiger partial charge is 0.235 e. The maximum Gasteiger partial charge on any atom is 0.235 e. The molecule has 152 valence electrons. The van der Waals surface area contributed by atoms with Gasteiger partial charge in [-0.1, -0.05) is 29.3 Å². The molecule has 2 aromatic carbocycles. The molecule has 0 bridgehead atoms. The quantitative estimate of drug-likeness (QED) is 0.342. The number of carbonyl (C=O) groups is 1. The van der Waals surface area contributed by atoms with Crippen LogP contribution in [0.25, 0.3) is 22.5 Å². The Hall–Kier alpha value is -3.02. The minimum atomic E-state index is -0.407. The van der Waals surface area contributed by atoms with E-state index in [0.29, 0.717) is 21.8 Å². The lowest BCUT2D eigenvalue weighted by Gasteiger charge is -2.12. The van der Waals surface area contributed by atoms with Gasteiger partial charge in [-0.25, -0.2) is 0 Å². The summed E-state index contributed by atoms with van der Waals surface area (Å²) in [6.07, 6.45) is 1.46. The molecular weight excluding hydrogens is 427 g/mol. The number of halogens is 2. The molecule has 0 unspecified atom stereocenters. The number of Topliss-reactive ketones (excluding diaryl/α,β-unsaturated/α-hetero) is 1. The van der Waals surface area contributed by atoms with Crippen LogP contribution in [-0.2, 0) is 0 Å². The molecule has 4 rings (SSSR count). The maximum absolute atomic E-state index is 13.2. The molecule has 0 N–H and O–H groups in total. The monoisotopic (exact) mass is 442 g/mol. The third-order valence-electron chi connectivity index (χ3n) is 4.60. The molecule has 0 aliphatic rings. The van der Waals surface area contributed by atoms with Crippen molar-refractivity contribution in [2.45, 2.75) is 13.8 Å². The van der Waals surface area contributed by atoms with Crippen LogP contribution in [0, 0.1) is 13.8 Å². The molecule has 0 aliphatic carbocycles. The van der Waals surface area contributed by atoms with Crippen LogP contribution in [0.1, 0.15) is 21.5 Å². The summed E-state index contributed by atoms with van der Waals surface area (Å²) < 4.78 is 17.1. The van der Waals surface area contributed by atoms with E-state index in [0.717, 1.165) is 11.1 Å². The first-order chi connectivity index (χ1) is 14.3. The van der Waals surface area contributed by atoms with Crippen LogP contribution in [0.4, 0.5) is 0 Å². The van der Waals surface area contributed by atoms with Crippen molar-refractivity contribution < 1.29 is 18.4 Å². The highest BCUT2D eigenvalue weighted by Gasteiger charge is 2.22. The number of aryl methyl sites for hydroxylation is 2. The molecule has 0 spiro atoms. The molecule has 0 fully saturated rings. The number of carbonyl (C=O) groups excluding carboxylic acids is 1. The summed E-state index contributed by atoms with van der Waals surface area (Å²) in [7, 11) is 0. The topological polar surface area (TPSA) is 69.7 Å². The summed E-state index contributed by atoms with van der Waals surface area (Å²) in [5.41, 5.74) is 2.02. The van der Waals surface area contributed by atoms with Gasteiger partial charge in [-0.05, 0) is 61.4 Å². The highest BCUT2D eigenvalue weighted by atomic mass is 35.5. The van der Waals surface area contributed by atoms with Gasteiger partial charge in [0.25, 0.3) is 0 Å². The summed E-state index contributed by atoms with van der Waals surface area (Å²) >= 11 is 12.0. The molecule has 5 nitrogen and oxygen atoms in total. The molecule has 30 heavy (non-hydrogen) atoms. The molecule has 0 saturated heterocycles. The summed E-state index contributed by atoms with van der Waals surface area (Å²) in [4.78, 5) is 25.9. The Morgan fingerprint density at radius 2 is 1.90 bits per heavy atom. The van der Waals surface area contributed by atoms with Crippen molar-refractivity contribution in [2.75, 3.05) is 6.61 Å². The number of ketones is 1. The van der Waals surface area contributed by atoms with Gasteiger partial charge in [0.1, 0.15) is 5.58 Å². The van der Waals surface area contributed by atoms with E-state index in [2.05, 4.69) is 0 Å².